The number of aromatic nitrogens is 2. The Balaban J connectivity index is 1.71. The van der Waals surface area contributed by atoms with E-state index < -0.39 is 0 Å². The monoisotopic (exact) mass is 309 g/mol. The van der Waals surface area contributed by atoms with Crippen molar-refractivity contribution in [2.24, 2.45) is 0 Å². The zero-order valence-corrected chi connectivity index (χ0v) is 13.5. The quantitative estimate of drug-likeness (QED) is 0.799. The molecule has 0 saturated heterocycles. The van der Waals surface area contributed by atoms with Gasteiger partial charge < -0.3 is 9.73 Å². The zero-order valence-electron chi connectivity index (χ0n) is 13.5. The van der Waals surface area contributed by atoms with Crippen molar-refractivity contribution >= 4 is 11.6 Å². The van der Waals surface area contributed by atoms with Crippen molar-refractivity contribution < 1.29 is 9.21 Å². The fourth-order valence-electron chi connectivity index (χ4n) is 2.53. The number of benzene rings is 1. The van der Waals surface area contributed by atoms with Crippen LogP contribution in [0.2, 0.25) is 0 Å². The molecule has 1 aromatic carbocycles. The zero-order chi connectivity index (χ0) is 16.4. The van der Waals surface area contributed by atoms with Crippen molar-refractivity contribution in [3.63, 3.8) is 0 Å². The lowest BCUT2D eigenvalue weighted by molar-refractivity contribution is 0.102. The molecule has 3 rings (SSSR count). The first-order valence-corrected chi connectivity index (χ1v) is 7.48. The molecule has 3 aromatic rings. The molecular weight excluding hydrogens is 290 g/mol. The van der Waals surface area contributed by atoms with E-state index in [-0.39, 0.29) is 5.91 Å². The van der Waals surface area contributed by atoms with Crippen LogP contribution in [-0.2, 0) is 6.54 Å². The maximum absolute atomic E-state index is 12.3. The van der Waals surface area contributed by atoms with E-state index in [9.17, 15) is 4.79 Å². The van der Waals surface area contributed by atoms with Gasteiger partial charge in [0.15, 0.2) is 0 Å². The third-order valence-electron chi connectivity index (χ3n) is 3.77. The predicted octanol–water partition coefficient (Wildman–Crippen LogP) is 3.70. The predicted molar refractivity (Wildman–Crippen MR) is 88.6 cm³/mol. The molecule has 0 atom stereocenters. The highest BCUT2D eigenvalue weighted by Crippen LogP contribution is 2.16. The highest BCUT2D eigenvalue weighted by molar-refractivity contribution is 6.04. The molecule has 0 spiro atoms. The van der Waals surface area contributed by atoms with Crippen molar-refractivity contribution in [3.8, 4) is 0 Å². The van der Waals surface area contributed by atoms with E-state index in [2.05, 4.69) is 29.5 Å². The molecule has 2 heterocycles. The summed E-state index contributed by atoms with van der Waals surface area (Å²) in [4.78, 5) is 12.3. The van der Waals surface area contributed by atoms with Gasteiger partial charge in [-0.15, -0.1) is 0 Å². The van der Waals surface area contributed by atoms with Crippen LogP contribution in [0, 0.1) is 20.8 Å². The maximum Gasteiger partial charge on any atom is 0.259 e. The van der Waals surface area contributed by atoms with Crippen molar-refractivity contribution in [1.29, 1.82) is 0 Å². The highest BCUT2D eigenvalue weighted by Gasteiger charge is 2.14. The maximum atomic E-state index is 12.3. The Hall–Kier alpha value is -2.82. The second kappa shape index (κ2) is 6.12. The molecule has 0 bridgehead atoms. The van der Waals surface area contributed by atoms with Crippen LogP contribution in [0.25, 0.3) is 0 Å². The molecule has 0 radical (unpaired) electrons. The minimum Gasteiger partial charge on any atom is -0.466 e. The Morgan fingerprint density at radius 3 is 2.74 bits per heavy atom. The average Bonchev–Trinajstić information content (AvgIpc) is 3.07. The summed E-state index contributed by atoms with van der Waals surface area (Å²) in [6.07, 6.45) is 3.48. The van der Waals surface area contributed by atoms with Gasteiger partial charge in [-0.2, -0.15) is 5.10 Å². The summed E-state index contributed by atoms with van der Waals surface area (Å²) in [5.41, 5.74) is 3.64. The summed E-state index contributed by atoms with van der Waals surface area (Å²) >= 11 is 0. The van der Waals surface area contributed by atoms with E-state index in [0.29, 0.717) is 23.6 Å². The fraction of sp³-hybridized carbons (Fsp3) is 0.222. The number of amides is 1. The number of nitrogens with zero attached hydrogens (tertiary/aromatic N) is 2. The van der Waals surface area contributed by atoms with Crippen molar-refractivity contribution in [2.75, 3.05) is 5.32 Å². The van der Waals surface area contributed by atoms with Crippen LogP contribution in [0.5, 0.6) is 0 Å². The highest BCUT2D eigenvalue weighted by atomic mass is 16.3. The lowest BCUT2D eigenvalue weighted by Crippen LogP contribution is -2.11. The molecular formula is C18H19N3O2. The van der Waals surface area contributed by atoms with Gasteiger partial charge in [0.1, 0.15) is 11.5 Å². The Bertz CT molecular complexity index is 846. The van der Waals surface area contributed by atoms with Gasteiger partial charge in [-0.1, -0.05) is 24.3 Å². The van der Waals surface area contributed by atoms with Gasteiger partial charge in [0.2, 0.25) is 0 Å². The Kier molecular flexibility index (Phi) is 4.02. The van der Waals surface area contributed by atoms with E-state index in [1.54, 1.807) is 19.2 Å². The van der Waals surface area contributed by atoms with Crippen LogP contribution >= 0.6 is 0 Å². The third kappa shape index (κ3) is 3.34. The van der Waals surface area contributed by atoms with Gasteiger partial charge in [-0.3, -0.25) is 9.48 Å². The van der Waals surface area contributed by atoms with Crippen molar-refractivity contribution in [2.45, 2.75) is 27.3 Å². The smallest absolute Gasteiger partial charge is 0.259 e. The van der Waals surface area contributed by atoms with E-state index in [4.69, 9.17) is 4.42 Å². The molecule has 23 heavy (non-hydrogen) atoms. The van der Waals surface area contributed by atoms with Gasteiger partial charge in [0, 0.05) is 6.20 Å². The molecule has 0 aliphatic heterocycles. The Morgan fingerprint density at radius 2 is 2.04 bits per heavy atom. The third-order valence-corrected chi connectivity index (χ3v) is 3.77. The number of hydrogen-bond donors (Lipinski definition) is 1. The number of rotatable bonds is 4. The standard InChI is InChI=1S/C18H19N3O2/c1-12-6-4-5-7-15(12)10-21-11-16(9-19-21)20-18(22)17-8-13(2)23-14(17)3/h4-9,11H,10H2,1-3H3,(H,20,22). The Morgan fingerprint density at radius 1 is 1.26 bits per heavy atom. The van der Waals surface area contributed by atoms with Gasteiger partial charge in [0.05, 0.1) is 24.0 Å². The first-order chi connectivity index (χ1) is 11.0. The van der Waals surface area contributed by atoms with Crippen LogP contribution in [0.4, 0.5) is 5.69 Å². The number of anilines is 1. The molecule has 5 nitrogen and oxygen atoms in total. The number of carbonyl (C=O) groups is 1. The number of hydrogen-bond acceptors (Lipinski definition) is 3. The topological polar surface area (TPSA) is 60.1 Å². The van der Waals surface area contributed by atoms with Crippen LogP contribution in [0.3, 0.4) is 0 Å². The molecule has 0 aliphatic carbocycles. The van der Waals surface area contributed by atoms with Crippen LogP contribution in [-0.4, -0.2) is 15.7 Å². The number of nitrogens with one attached hydrogen (secondary N) is 1. The molecule has 0 aliphatic rings. The van der Waals surface area contributed by atoms with Crippen LogP contribution < -0.4 is 5.32 Å². The first-order valence-electron chi connectivity index (χ1n) is 7.48. The summed E-state index contributed by atoms with van der Waals surface area (Å²) in [7, 11) is 0. The van der Waals surface area contributed by atoms with Gasteiger partial charge >= 0.3 is 0 Å². The second-order valence-corrected chi connectivity index (χ2v) is 5.63. The lowest BCUT2D eigenvalue weighted by atomic mass is 10.1. The number of carbonyl (C=O) groups excluding carboxylic acids is 1. The molecule has 5 heteroatoms. The second-order valence-electron chi connectivity index (χ2n) is 5.63. The molecule has 0 unspecified atom stereocenters. The van der Waals surface area contributed by atoms with Gasteiger partial charge in [-0.25, -0.2) is 0 Å². The summed E-state index contributed by atoms with van der Waals surface area (Å²) in [5.74, 6) is 1.16. The first kappa shape index (κ1) is 15.1. The molecule has 1 amide bonds. The molecule has 0 fully saturated rings. The van der Waals surface area contributed by atoms with Crippen LogP contribution in [0.1, 0.15) is 33.0 Å². The van der Waals surface area contributed by atoms with E-state index >= 15 is 0 Å². The fourth-order valence-corrected chi connectivity index (χ4v) is 2.53. The van der Waals surface area contributed by atoms with Crippen molar-refractivity contribution in [3.05, 3.63) is 70.9 Å². The normalized spacial score (nSPS) is 10.7. The van der Waals surface area contributed by atoms with Gasteiger partial charge in [0.25, 0.3) is 5.91 Å². The lowest BCUT2D eigenvalue weighted by Gasteiger charge is -2.05. The summed E-state index contributed by atoms with van der Waals surface area (Å²) in [6, 6.07) is 9.92. The van der Waals surface area contributed by atoms with Crippen molar-refractivity contribution in [1.82, 2.24) is 9.78 Å². The Labute approximate surface area is 134 Å². The average molecular weight is 309 g/mol. The molecule has 118 valence electrons. The van der Waals surface area contributed by atoms with E-state index in [0.717, 1.165) is 5.76 Å². The minimum atomic E-state index is -0.185. The number of aryl methyl sites for hydroxylation is 3. The van der Waals surface area contributed by atoms with Crippen LogP contribution in [0.15, 0.2) is 47.1 Å². The van der Waals surface area contributed by atoms with Gasteiger partial charge in [-0.05, 0) is 38.0 Å². The van der Waals surface area contributed by atoms with E-state index in [1.165, 1.54) is 11.1 Å². The molecule has 1 N–H and O–H groups in total. The minimum absolute atomic E-state index is 0.185. The largest absolute Gasteiger partial charge is 0.466 e. The molecule has 0 saturated carbocycles. The molecule has 2 aromatic heterocycles. The summed E-state index contributed by atoms with van der Waals surface area (Å²) < 4.78 is 7.20. The SMILES string of the molecule is Cc1cc(C(=O)Nc2cnn(Cc3ccccc3C)c2)c(C)o1. The summed E-state index contributed by atoms with van der Waals surface area (Å²) in [5, 5.41) is 7.16. The van der Waals surface area contributed by atoms with E-state index in [1.807, 2.05) is 29.9 Å². The number of furan rings is 1. The summed E-state index contributed by atoms with van der Waals surface area (Å²) in [6.45, 7) is 6.35.